The summed E-state index contributed by atoms with van der Waals surface area (Å²) >= 11 is 3.53. The molecule has 0 unspecified atom stereocenters. The first-order valence-electron chi connectivity index (χ1n) is 6.93. The number of rotatable bonds is 2. The monoisotopic (exact) mass is 332 g/mol. The Balaban J connectivity index is 1.91. The maximum atomic E-state index is 11.7. The number of hydrogen-bond acceptors (Lipinski definition) is 1. The Morgan fingerprint density at radius 1 is 1.45 bits per heavy atom. The molecule has 1 amide bonds. The van der Waals surface area contributed by atoms with E-state index in [4.69, 9.17) is 0 Å². The Kier molecular flexibility index (Phi) is 3.66. The van der Waals surface area contributed by atoms with Gasteiger partial charge in [-0.05, 0) is 30.2 Å². The molecule has 2 heterocycles. The van der Waals surface area contributed by atoms with Gasteiger partial charge in [0.2, 0.25) is 5.91 Å². The van der Waals surface area contributed by atoms with Gasteiger partial charge in [-0.25, -0.2) is 0 Å². The van der Waals surface area contributed by atoms with Crippen LogP contribution < -0.4 is 0 Å². The van der Waals surface area contributed by atoms with Crippen LogP contribution in [-0.4, -0.2) is 28.9 Å². The molecule has 3 nitrogen and oxygen atoms in total. The van der Waals surface area contributed by atoms with Crippen molar-refractivity contribution in [1.82, 2.24) is 9.88 Å². The van der Waals surface area contributed by atoms with Crippen molar-refractivity contribution in [3.05, 3.63) is 40.5 Å². The van der Waals surface area contributed by atoms with Crippen LogP contribution in [0.2, 0.25) is 0 Å². The highest BCUT2D eigenvalue weighted by atomic mass is 79.9. The fourth-order valence-corrected chi connectivity index (χ4v) is 3.08. The molecule has 0 fully saturated rings. The van der Waals surface area contributed by atoms with Gasteiger partial charge in [0.05, 0.1) is 0 Å². The smallest absolute Gasteiger partial charge is 0.222 e. The average Bonchev–Trinajstić information content (AvgIpc) is 2.89. The summed E-state index contributed by atoms with van der Waals surface area (Å²) < 4.78 is 1.09. The second kappa shape index (κ2) is 5.44. The minimum atomic E-state index is 0.238. The number of nitrogens with one attached hydrogen (secondary N) is 1. The first kappa shape index (κ1) is 13.4. The van der Waals surface area contributed by atoms with Crippen molar-refractivity contribution in [1.29, 1.82) is 0 Å². The van der Waals surface area contributed by atoms with Gasteiger partial charge in [0.1, 0.15) is 0 Å². The van der Waals surface area contributed by atoms with Crippen LogP contribution in [0.3, 0.4) is 0 Å². The van der Waals surface area contributed by atoms with Crippen LogP contribution >= 0.6 is 15.9 Å². The molecule has 0 bridgehead atoms. The van der Waals surface area contributed by atoms with E-state index in [9.17, 15) is 4.79 Å². The van der Waals surface area contributed by atoms with Crippen molar-refractivity contribution in [2.75, 3.05) is 13.1 Å². The third-order valence-corrected chi connectivity index (χ3v) is 4.35. The summed E-state index contributed by atoms with van der Waals surface area (Å²) in [5.41, 5.74) is 3.73. The maximum absolute atomic E-state index is 11.7. The van der Waals surface area contributed by atoms with Crippen LogP contribution in [0, 0.1) is 0 Å². The van der Waals surface area contributed by atoms with Crippen LogP contribution in [0.15, 0.2) is 34.9 Å². The zero-order valence-electron chi connectivity index (χ0n) is 11.4. The Morgan fingerprint density at radius 3 is 3.00 bits per heavy atom. The molecule has 4 heteroatoms. The third kappa shape index (κ3) is 2.40. The van der Waals surface area contributed by atoms with Crippen molar-refractivity contribution in [2.24, 2.45) is 0 Å². The quantitative estimate of drug-likeness (QED) is 0.887. The zero-order valence-corrected chi connectivity index (χ0v) is 13.0. The van der Waals surface area contributed by atoms with E-state index in [2.05, 4.69) is 45.3 Å². The van der Waals surface area contributed by atoms with Gasteiger partial charge in [-0.2, -0.15) is 0 Å². The maximum Gasteiger partial charge on any atom is 0.222 e. The minimum absolute atomic E-state index is 0.238. The largest absolute Gasteiger partial charge is 0.361 e. The lowest BCUT2D eigenvalue weighted by Crippen LogP contribution is -2.34. The number of amides is 1. The van der Waals surface area contributed by atoms with Crippen molar-refractivity contribution in [2.45, 2.75) is 19.8 Å². The molecule has 0 radical (unpaired) electrons. The lowest BCUT2D eigenvalue weighted by atomic mass is 9.99. The average molecular weight is 333 g/mol. The van der Waals surface area contributed by atoms with Gasteiger partial charge in [0.25, 0.3) is 0 Å². The fourth-order valence-electron chi connectivity index (χ4n) is 2.72. The van der Waals surface area contributed by atoms with Crippen molar-refractivity contribution < 1.29 is 4.79 Å². The number of hydrogen-bond donors (Lipinski definition) is 1. The Labute approximate surface area is 126 Å². The molecule has 0 atom stereocenters. The summed E-state index contributed by atoms with van der Waals surface area (Å²) in [7, 11) is 0. The lowest BCUT2D eigenvalue weighted by molar-refractivity contribution is -0.130. The van der Waals surface area contributed by atoms with E-state index >= 15 is 0 Å². The van der Waals surface area contributed by atoms with Crippen LogP contribution in [0.1, 0.15) is 25.3 Å². The fraction of sp³-hybridized carbons (Fsp3) is 0.312. The number of carbonyl (C=O) groups is 1. The molecule has 20 heavy (non-hydrogen) atoms. The van der Waals surface area contributed by atoms with E-state index in [1.807, 2.05) is 17.9 Å². The van der Waals surface area contributed by atoms with Crippen LogP contribution in [0.25, 0.3) is 16.5 Å². The van der Waals surface area contributed by atoms with Gasteiger partial charge in [-0.3, -0.25) is 4.79 Å². The molecule has 1 aliphatic rings. The summed E-state index contributed by atoms with van der Waals surface area (Å²) in [6.45, 7) is 3.46. The molecule has 1 aliphatic heterocycles. The van der Waals surface area contributed by atoms with Crippen LogP contribution in [0.4, 0.5) is 0 Å². The van der Waals surface area contributed by atoms with Gasteiger partial charge in [0, 0.05) is 46.6 Å². The van der Waals surface area contributed by atoms with Gasteiger partial charge >= 0.3 is 0 Å². The Hall–Kier alpha value is -1.55. The highest BCUT2D eigenvalue weighted by Crippen LogP contribution is 2.31. The molecule has 0 aliphatic carbocycles. The molecule has 0 saturated carbocycles. The molecular formula is C16H17BrN2O. The summed E-state index contributed by atoms with van der Waals surface area (Å²) in [4.78, 5) is 16.9. The van der Waals surface area contributed by atoms with Crippen molar-refractivity contribution in [3.63, 3.8) is 0 Å². The predicted octanol–water partition coefficient (Wildman–Crippen LogP) is 3.96. The highest BCUT2D eigenvalue weighted by Gasteiger charge is 2.18. The minimum Gasteiger partial charge on any atom is -0.361 e. The molecule has 1 aromatic heterocycles. The summed E-state index contributed by atoms with van der Waals surface area (Å²) in [6, 6.07) is 6.27. The van der Waals surface area contributed by atoms with E-state index < -0.39 is 0 Å². The van der Waals surface area contributed by atoms with Crippen molar-refractivity contribution >= 4 is 38.3 Å². The van der Waals surface area contributed by atoms with E-state index in [0.717, 1.165) is 29.5 Å². The molecule has 3 rings (SSSR count). The number of aromatic amines is 1. The normalized spacial score (nSPS) is 15.5. The number of aromatic nitrogens is 1. The second-order valence-corrected chi connectivity index (χ2v) is 5.98. The van der Waals surface area contributed by atoms with Gasteiger partial charge in [0.15, 0.2) is 0 Å². The molecule has 1 aromatic carbocycles. The van der Waals surface area contributed by atoms with E-state index in [1.165, 1.54) is 16.5 Å². The van der Waals surface area contributed by atoms with Crippen LogP contribution in [0.5, 0.6) is 0 Å². The van der Waals surface area contributed by atoms with Gasteiger partial charge in [-0.15, -0.1) is 0 Å². The number of fused-ring (bicyclic) bond motifs is 1. The summed E-state index contributed by atoms with van der Waals surface area (Å²) in [5.74, 6) is 0.238. The zero-order chi connectivity index (χ0) is 14.1. The predicted molar refractivity (Wildman–Crippen MR) is 85.5 cm³/mol. The molecule has 0 spiro atoms. The number of carbonyl (C=O) groups excluding carboxylic acids is 1. The topological polar surface area (TPSA) is 36.1 Å². The van der Waals surface area contributed by atoms with Crippen molar-refractivity contribution in [3.8, 4) is 0 Å². The third-order valence-electron chi connectivity index (χ3n) is 3.85. The summed E-state index contributed by atoms with van der Waals surface area (Å²) in [6.07, 6.45) is 5.76. The molecule has 104 valence electrons. The Morgan fingerprint density at radius 2 is 2.30 bits per heavy atom. The van der Waals surface area contributed by atoms with Gasteiger partial charge < -0.3 is 9.88 Å². The standard InChI is InChI=1S/C16H17BrN2O/c1-2-16(20)19-7-5-11(6-8-19)14-10-18-15-4-3-12(17)9-13(14)15/h3-5,9-10,18H,2,6-8H2,1H3. The van der Waals surface area contributed by atoms with E-state index in [-0.39, 0.29) is 5.91 Å². The number of nitrogens with zero attached hydrogens (tertiary/aromatic N) is 1. The van der Waals surface area contributed by atoms with E-state index in [0.29, 0.717) is 6.42 Å². The number of H-pyrrole nitrogens is 1. The first-order chi connectivity index (χ1) is 9.69. The lowest BCUT2D eigenvalue weighted by Gasteiger charge is -2.26. The highest BCUT2D eigenvalue weighted by molar-refractivity contribution is 9.10. The number of halogens is 1. The Bertz CT molecular complexity index is 687. The molecular weight excluding hydrogens is 316 g/mol. The second-order valence-electron chi connectivity index (χ2n) is 5.06. The summed E-state index contributed by atoms with van der Waals surface area (Å²) in [5, 5.41) is 1.24. The first-order valence-corrected chi connectivity index (χ1v) is 7.72. The number of benzene rings is 1. The van der Waals surface area contributed by atoms with Gasteiger partial charge in [-0.1, -0.05) is 28.9 Å². The molecule has 1 N–H and O–H groups in total. The van der Waals surface area contributed by atoms with Crippen LogP contribution in [-0.2, 0) is 4.79 Å². The SMILES string of the molecule is CCC(=O)N1CC=C(c2c[nH]c3ccc(Br)cc23)CC1. The van der Waals surface area contributed by atoms with E-state index in [1.54, 1.807) is 0 Å². The molecule has 0 saturated heterocycles. The molecule has 2 aromatic rings.